The normalized spacial score (nSPS) is 16.2. The Hall–Kier alpha value is -3.35. The highest BCUT2D eigenvalue weighted by atomic mass is 19.1. The number of halogens is 1. The Morgan fingerprint density at radius 3 is 2.88 bits per heavy atom. The molecule has 7 heteroatoms. The van der Waals surface area contributed by atoms with Gasteiger partial charge in [0.25, 0.3) is 0 Å². The number of rotatable bonds is 5. The smallest absolute Gasteiger partial charge is 0.319 e. The van der Waals surface area contributed by atoms with E-state index in [2.05, 4.69) is 16.7 Å². The minimum Gasteiger partial charge on any atom is -0.464 e. The molecule has 2 heterocycles. The second-order valence-corrected chi connectivity index (χ2v) is 8.52. The number of fused-ring (bicyclic) bond motifs is 1. The van der Waals surface area contributed by atoms with E-state index in [1.807, 2.05) is 24.8 Å². The number of amides is 3. The van der Waals surface area contributed by atoms with Crippen molar-refractivity contribution in [2.45, 2.75) is 33.1 Å². The molecule has 0 radical (unpaired) electrons. The number of hydrogen-bond donors (Lipinski definition) is 2. The number of carbonyl (C=O) groups is 2. The van der Waals surface area contributed by atoms with E-state index in [0.29, 0.717) is 25.2 Å². The van der Waals surface area contributed by atoms with Crippen LogP contribution in [0.25, 0.3) is 11.0 Å². The average Bonchev–Trinajstić information content (AvgIpc) is 3.18. The van der Waals surface area contributed by atoms with Gasteiger partial charge in [0, 0.05) is 36.3 Å². The Morgan fingerprint density at radius 1 is 1.22 bits per heavy atom. The molecule has 4 rings (SSSR count). The summed E-state index contributed by atoms with van der Waals surface area (Å²) in [6.45, 7) is 5.85. The number of piperidine rings is 1. The van der Waals surface area contributed by atoms with Crippen LogP contribution in [0.2, 0.25) is 0 Å². The van der Waals surface area contributed by atoms with Crippen molar-refractivity contribution < 1.29 is 18.4 Å². The van der Waals surface area contributed by atoms with E-state index in [9.17, 15) is 14.0 Å². The highest BCUT2D eigenvalue weighted by Gasteiger charge is 2.25. The van der Waals surface area contributed by atoms with Gasteiger partial charge in [-0.25, -0.2) is 9.18 Å². The van der Waals surface area contributed by atoms with Crippen LogP contribution in [0.15, 0.2) is 47.1 Å². The number of furan rings is 1. The maximum Gasteiger partial charge on any atom is 0.319 e. The lowest BCUT2D eigenvalue weighted by Crippen LogP contribution is -2.44. The predicted molar refractivity (Wildman–Crippen MR) is 122 cm³/mol. The summed E-state index contributed by atoms with van der Waals surface area (Å²) in [5.74, 6) is -0.156. The molecule has 3 amide bonds. The number of nitrogens with one attached hydrogen (secondary N) is 2. The van der Waals surface area contributed by atoms with Crippen LogP contribution in [-0.2, 0) is 11.2 Å². The molecular formula is C25H28FN3O3. The van der Waals surface area contributed by atoms with Crippen molar-refractivity contribution in [3.05, 3.63) is 65.2 Å². The summed E-state index contributed by atoms with van der Waals surface area (Å²) in [5, 5.41) is 6.46. The minimum atomic E-state index is -0.403. The zero-order valence-corrected chi connectivity index (χ0v) is 18.4. The first-order valence-electron chi connectivity index (χ1n) is 10.9. The highest BCUT2D eigenvalue weighted by Crippen LogP contribution is 2.27. The average molecular weight is 438 g/mol. The van der Waals surface area contributed by atoms with Crippen molar-refractivity contribution in [2.24, 2.45) is 5.92 Å². The molecule has 1 atom stereocenters. The predicted octanol–water partition coefficient (Wildman–Crippen LogP) is 4.79. The summed E-state index contributed by atoms with van der Waals surface area (Å²) in [6.07, 6.45) is 3.83. The van der Waals surface area contributed by atoms with Crippen LogP contribution in [0.1, 0.15) is 29.5 Å². The summed E-state index contributed by atoms with van der Waals surface area (Å²) in [6, 6.07) is 9.46. The molecule has 1 aromatic heterocycles. The molecule has 32 heavy (non-hydrogen) atoms. The zero-order valence-electron chi connectivity index (χ0n) is 18.4. The van der Waals surface area contributed by atoms with Gasteiger partial charge < -0.3 is 20.0 Å². The summed E-state index contributed by atoms with van der Waals surface area (Å²) in [4.78, 5) is 27.0. The van der Waals surface area contributed by atoms with Crippen LogP contribution in [-0.4, -0.2) is 36.5 Å². The van der Waals surface area contributed by atoms with Crippen molar-refractivity contribution in [1.29, 1.82) is 0 Å². The molecule has 0 saturated carbocycles. The van der Waals surface area contributed by atoms with Crippen molar-refractivity contribution in [2.75, 3.05) is 25.0 Å². The molecule has 0 bridgehead atoms. The quantitative estimate of drug-likeness (QED) is 0.603. The van der Waals surface area contributed by atoms with Gasteiger partial charge in [0.2, 0.25) is 5.91 Å². The second-order valence-electron chi connectivity index (χ2n) is 8.52. The monoisotopic (exact) mass is 437 g/mol. The Balaban J connectivity index is 1.31. The van der Waals surface area contributed by atoms with E-state index in [-0.39, 0.29) is 17.9 Å². The van der Waals surface area contributed by atoms with E-state index < -0.39 is 5.82 Å². The zero-order chi connectivity index (χ0) is 22.7. The van der Waals surface area contributed by atoms with Gasteiger partial charge >= 0.3 is 6.03 Å². The van der Waals surface area contributed by atoms with Gasteiger partial charge in [-0.05, 0) is 61.9 Å². The van der Waals surface area contributed by atoms with Crippen LogP contribution < -0.4 is 10.6 Å². The van der Waals surface area contributed by atoms with Crippen LogP contribution in [0.3, 0.4) is 0 Å². The molecule has 3 aromatic rings. The third-order valence-electron chi connectivity index (χ3n) is 6.19. The Bertz CT molecular complexity index is 1140. The summed E-state index contributed by atoms with van der Waals surface area (Å²) < 4.78 is 19.0. The molecule has 1 saturated heterocycles. The van der Waals surface area contributed by atoms with Crippen LogP contribution in [0, 0.1) is 25.6 Å². The van der Waals surface area contributed by atoms with Gasteiger partial charge in [0.05, 0.1) is 12.7 Å². The minimum absolute atomic E-state index is 0.0693. The molecule has 0 spiro atoms. The lowest BCUT2D eigenvalue weighted by atomic mass is 9.97. The number of hydrogen-bond acceptors (Lipinski definition) is 3. The Morgan fingerprint density at radius 2 is 2.06 bits per heavy atom. The molecule has 1 unspecified atom stereocenters. The molecule has 168 valence electrons. The Labute approximate surface area is 186 Å². The number of benzene rings is 2. The van der Waals surface area contributed by atoms with E-state index in [1.54, 1.807) is 18.4 Å². The van der Waals surface area contributed by atoms with Crippen LogP contribution in [0.5, 0.6) is 0 Å². The van der Waals surface area contributed by atoms with Crippen LogP contribution >= 0.6 is 0 Å². The third kappa shape index (κ3) is 4.93. The van der Waals surface area contributed by atoms with Gasteiger partial charge in [-0.1, -0.05) is 18.2 Å². The second kappa shape index (κ2) is 9.42. The molecule has 6 nitrogen and oxygen atoms in total. The molecular weight excluding hydrogens is 409 g/mol. The van der Waals surface area contributed by atoms with E-state index in [1.165, 1.54) is 12.1 Å². The van der Waals surface area contributed by atoms with Gasteiger partial charge in [0.15, 0.2) is 0 Å². The topological polar surface area (TPSA) is 74.6 Å². The first kappa shape index (κ1) is 21.9. The lowest BCUT2D eigenvalue weighted by molar-refractivity contribution is -0.132. The fourth-order valence-electron chi connectivity index (χ4n) is 4.24. The van der Waals surface area contributed by atoms with E-state index >= 15 is 0 Å². The van der Waals surface area contributed by atoms with Crippen molar-refractivity contribution in [3.63, 3.8) is 0 Å². The largest absolute Gasteiger partial charge is 0.464 e. The maximum absolute atomic E-state index is 13.3. The fourth-order valence-corrected chi connectivity index (χ4v) is 4.24. The van der Waals surface area contributed by atoms with Crippen molar-refractivity contribution >= 4 is 28.6 Å². The van der Waals surface area contributed by atoms with Crippen LogP contribution in [0.4, 0.5) is 14.9 Å². The number of aryl methyl sites for hydroxylation is 2. The van der Waals surface area contributed by atoms with Gasteiger partial charge in [-0.3, -0.25) is 4.79 Å². The number of likely N-dealkylation sites (tertiary alicyclic amines) is 1. The standard InChI is InChI=1S/C25H28FN3O3/c1-16-8-9-22-19(15-32-24(22)17(16)2)11-23(30)29-10-4-5-18(14-29)13-27-25(31)28-21-7-3-6-20(26)12-21/h3,6-9,12,15,18H,4-5,10-11,13-14H2,1-2H3,(H2,27,28,31). The number of urea groups is 1. The molecule has 0 aliphatic carbocycles. The molecule has 2 aromatic carbocycles. The lowest BCUT2D eigenvalue weighted by Gasteiger charge is -2.33. The van der Waals surface area contributed by atoms with Crippen molar-refractivity contribution in [1.82, 2.24) is 10.2 Å². The summed E-state index contributed by atoms with van der Waals surface area (Å²) in [5.41, 5.74) is 4.42. The molecule has 1 fully saturated rings. The maximum atomic E-state index is 13.3. The van der Waals surface area contributed by atoms with Gasteiger partial charge in [0.1, 0.15) is 11.4 Å². The molecule has 1 aliphatic heterocycles. The van der Waals surface area contributed by atoms with Gasteiger partial charge in [-0.2, -0.15) is 0 Å². The number of carbonyl (C=O) groups excluding carboxylic acids is 2. The van der Waals surface area contributed by atoms with E-state index in [4.69, 9.17) is 4.42 Å². The fraction of sp³-hybridized carbons (Fsp3) is 0.360. The first-order valence-corrected chi connectivity index (χ1v) is 10.9. The summed E-state index contributed by atoms with van der Waals surface area (Å²) >= 11 is 0. The van der Waals surface area contributed by atoms with E-state index in [0.717, 1.165) is 47.0 Å². The third-order valence-corrected chi connectivity index (χ3v) is 6.19. The molecule has 2 N–H and O–H groups in total. The van der Waals surface area contributed by atoms with Crippen molar-refractivity contribution in [3.8, 4) is 0 Å². The summed E-state index contributed by atoms with van der Waals surface area (Å²) in [7, 11) is 0. The SMILES string of the molecule is Cc1ccc2c(CC(=O)N3CCCC(CNC(=O)Nc4cccc(F)c4)C3)coc2c1C. The highest BCUT2D eigenvalue weighted by molar-refractivity contribution is 5.90. The number of nitrogens with zero attached hydrogens (tertiary/aromatic N) is 1. The molecule has 1 aliphatic rings. The Kier molecular flexibility index (Phi) is 6.44. The first-order chi connectivity index (χ1) is 15.4. The number of anilines is 1. The van der Waals surface area contributed by atoms with Gasteiger partial charge in [-0.15, -0.1) is 0 Å².